The Hall–Kier alpha value is -2.75. The number of hydrogen-bond acceptors (Lipinski definition) is 6. The summed E-state index contributed by atoms with van der Waals surface area (Å²) in [6, 6.07) is 5.03. The van der Waals surface area contributed by atoms with Gasteiger partial charge in [-0.25, -0.2) is 4.79 Å². The number of aromatic nitrogens is 3. The molecule has 0 aliphatic carbocycles. The van der Waals surface area contributed by atoms with Crippen LogP contribution in [0.15, 0.2) is 23.0 Å². The lowest BCUT2D eigenvalue weighted by Gasteiger charge is -2.42. The molecule has 9 nitrogen and oxygen atoms in total. The number of urea groups is 1. The molecule has 0 saturated carbocycles. The number of piperidine rings is 1. The Morgan fingerprint density at radius 2 is 2.12 bits per heavy atom. The van der Waals surface area contributed by atoms with E-state index in [0.717, 1.165) is 23.6 Å². The molecular formula is C16H18N6O3S. The average molecular weight is 374 g/mol. The number of hydrogen-bond donors (Lipinski definition) is 2. The third kappa shape index (κ3) is 2.85. The third-order valence-electron chi connectivity index (χ3n) is 4.92. The molecule has 2 unspecified atom stereocenters. The first-order valence-corrected chi connectivity index (χ1v) is 9.14. The number of amides is 3. The minimum atomic E-state index is -0.391. The number of fused-ring (bicyclic) bond motifs is 4. The average Bonchev–Trinajstić information content (AvgIpc) is 3.10. The number of nitrogens with zero attached hydrogens (tertiary/aromatic N) is 4. The fourth-order valence-corrected chi connectivity index (χ4v) is 4.34. The molecule has 2 aromatic rings. The quantitative estimate of drug-likeness (QED) is 0.805. The molecule has 4 rings (SSSR count). The van der Waals surface area contributed by atoms with Crippen molar-refractivity contribution in [2.75, 3.05) is 25.5 Å². The SMILES string of the molecule is CNC(=O)c1nnsc1NC(=O)N1CC2CC(C1)c1cccc(=O)n1C2. The second-order valence-corrected chi connectivity index (χ2v) is 7.32. The van der Waals surface area contributed by atoms with Crippen LogP contribution < -0.4 is 16.2 Å². The Labute approximate surface area is 153 Å². The predicted octanol–water partition coefficient (Wildman–Crippen LogP) is 0.711. The summed E-state index contributed by atoms with van der Waals surface area (Å²) in [5.74, 6) is -0.0110. The molecule has 136 valence electrons. The molecule has 2 aromatic heterocycles. The molecule has 4 heterocycles. The highest BCUT2D eigenvalue weighted by atomic mass is 32.1. The van der Waals surface area contributed by atoms with E-state index < -0.39 is 5.91 Å². The number of likely N-dealkylation sites (tertiary alicyclic amines) is 1. The van der Waals surface area contributed by atoms with Crippen LogP contribution in [-0.4, -0.2) is 51.1 Å². The summed E-state index contributed by atoms with van der Waals surface area (Å²) in [6.07, 6.45) is 0.971. The molecule has 0 spiro atoms. The number of rotatable bonds is 2. The van der Waals surface area contributed by atoms with Crippen LogP contribution in [0.25, 0.3) is 0 Å². The summed E-state index contributed by atoms with van der Waals surface area (Å²) in [6.45, 7) is 1.73. The van der Waals surface area contributed by atoms with Crippen LogP contribution in [0.4, 0.5) is 9.80 Å². The lowest BCUT2D eigenvalue weighted by molar-refractivity contribution is 0.0959. The summed E-state index contributed by atoms with van der Waals surface area (Å²) in [7, 11) is 1.50. The molecule has 2 aliphatic rings. The minimum absolute atomic E-state index is 0.0149. The smallest absolute Gasteiger partial charge is 0.322 e. The maximum absolute atomic E-state index is 12.7. The first-order valence-electron chi connectivity index (χ1n) is 8.37. The molecule has 0 aromatic carbocycles. The van der Waals surface area contributed by atoms with Crippen LogP contribution in [-0.2, 0) is 6.54 Å². The van der Waals surface area contributed by atoms with Gasteiger partial charge in [0, 0.05) is 55.9 Å². The first kappa shape index (κ1) is 16.7. The van der Waals surface area contributed by atoms with Crippen LogP contribution in [0.5, 0.6) is 0 Å². The number of pyridine rings is 1. The molecule has 3 amide bonds. The second kappa shape index (κ2) is 6.52. The molecule has 26 heavy (non-hydrogen) atoms. The monoisotopic (exact) mass is 374 g/mol. The van der Waals surface area contributed by atoms with Gasteiger partial charge in [0.1, 0.15) is 0 Å². The lowest BCUT2D eigenvalue weighted by Crippen LogP contribution is -2.50. The van der Waals surface area contributed by atoms with Crippen molar-refractivity contribution in [1.29, 1.82) is 0 Å². The Kier molecular flexibility index (Phi) is 4.19. The minimum Gasteiger partial charge on any atom is -0.354 e. The van der Waals surface area contributed by atoms with Gasteiger partial charge >= 0.3 is 6.03 Å². The highest BCUT2D eigenvalue weighted by Crippen LogP contribution is 2.35. The maximum Gasteiger partial charge on any atom is 0.322 e. The molecule has 2 N–H and O–H groups in total. The largest absolute Gasteiger partial charge is 0.354 e. The van der Waals surface area contributed by atoms with Gasteiger partial charge in [0.05, 0.1) is 0 Å². The zero-order valence-corrected chi connectivity index (χ0v) is 15.0. The third-order valence-corrected chi connectivity index (χ3v) is 5.56. The maximum atomic E-state index is 12.7. The van der Waals surface area contributed by atoms with E-state index in [2.05, 4.69) is 20.2 Å². The van der Waals surface area contributed by atoms with E-state index in [9.17, 15) is 14.4 Å². The summed E-state index contributed by atoms with van der Waals surface area (Å²) in [5, 5.41) is 9.33. The highest BCUT2D eigenvalue weighted by Gasteiger charge is 2.36. The van der Waals surface area contributed by atoms with Crippen LogP contribution in [0, 0.1) is 5.92 Å². The fraction of sp³-hybridized carbons (Fsp3) is 0.438. The van der Waals surface area contributed by atoms with E-state index in [1.54, 1.807) is 17.0 Å². The van der Waals surface area contributed by atoms with Crippen molar-refractivity contribution in [3.05, 3.63) is 39.9 Å². The molecule has 2 atom stereocenters. The van der Waals surface area contributed by atoms with Gasteiger partial charge in [-0.05, 0) is 18.4 Å². The summed E-state index contributed by atoms with van der Waals surface area (Å²) < 4.78 is 5.57. The molecule has 1 fully saturated rings. The molecule has 2 bridgehead atoms. The van der Waals surface area contributed by atoms with Crippen LogP contribution >= 0.6 is 11.5 Å². The highest BCUT2D eigenvalue weighted by molar-refractivity contribution is 7.10. The van der Waals surface area contributed by atoms with Gasteiger partial charge in [-0.1, -0.05) is 10.6 Å². The van der Waals surface area contributed by atoms with Gasteiger partial charge in [0.25, 0.3) is 11.5 Å². The van der Waals surface area contributed by atoms with E-state index in [1.165, 1.54) is 7.05 Å². The Balaban J connectivity index is 1.52. The molecule has 0 radical (unpaired) electrons. The van der Waals surface area contributed by atoms with Crippen LogP contribution in [0.2, 0.25) is 0 Å². The first-order chi connectivity index (χ1) is 12.6. The van der Waals surface area contributed by atoms with Crippen molar-refractivity contribution >= 4 is 28.5 Å². The van der Waals surface area contributed by atoms with Crippen molar-refractivity contribution in [3.8, 4) is 0 Å². The summed E-state index contributed by atoms with van der Waals surface area (Å²) in [4.78, 5) is 38.3. The van der Waals surface area contributed by atoms with E-state index in [4.69, 9.17) is 0 Å². The molecule has 10 heteroatoms. The number of anilines is 1. The van der Waals surface area contributed by atoms with Crippen molar-refractivity contribution in [3.63, 3.8) is 0 Å². The van der Waals surface area contributed by atoms with Crippen molar-refractivity contribution in [2.24, 2.45) is 5.92 Å². The number of nitrogens with one attached hydrogen (secondary N) is 2. The summed E-state index contributed by atoms with van der Waals surface area (Å²) in [5.41, 5.74) is 1.11. The zero-order valence-electron chi connectivity index (χ0n) is 14.1. The molecule has 1 saturated heterocycles. The predicted molar refractivity (Wildman–Crippen MR) is 95.4 cm³/mol. The normalized spacial score (nSPS) is 21.0. The van der Waals surface area contributed by atoms with Crippen molar-refractivity contribution < 1.29 is 9.59 Å². The van der Waals surface area contributed by atoms with E-state index in [-0.39, 0.29) is 29.1 Å². The van der Waals surface area contributed by atoms with E-state index in [1.807, 2.05) is 10.6 Å². The fourth-order valence-electron chi connectivity index (χ4n) is 3.78. The van der Waals surface area contributed by atoms with Gasteiger partial charge in [-0.2, -0.15) is 0 Å². The van der Waals surface area contributed by atoms with Gasteiger partial charge < -0.3 is 14.8 Å². The Morgan fingerprint density at radius 1 is 1.27 bits per heavy atom. The van der Waals surface area contributed by atoms with Crippen molar-refractivity contribution in [2.45, 2.75) is 18.9 Å². The van der Waals surface area contributed by atoms with Gasteiger partial charge in [-0.15, -0.1) is 5.10 Å². The number of carbonyl (C=O) groups is 2. The van der Waals surface area contributed by atoms with Gasteiger partial charge in [0.15, 0.2) is 10.7 Å². The van der Waals surface area contributed by atoms with Crippen LogP contribution in [0.1, 0.15) is 28.5 Å². The topological polar surface area (TPSA) is 109 Å². The standard InChI is InChI=1S/C16H18N6O3S/c1-17-14(24)13-15(26-20-19-13)18-16(25)21-6-9-5-10(8-21)11-3-2-4-12(23)22(11)7-9/h2-4,9-10H,5-8H2,1H3,(H,17,24)(H,18,25). The lowest BCUT2D eigenvalue weighted by atomic mass is 9.83. The zero-order chi connectivity index (χ0) is 18.3. The second-order valence-electron chi connectivity index (χ2n) is 6.56. The van der Waals surface area contributed by atoms with Gasteiger partial charge in [0.2, 0.25) is 0 Å². The van der Waals surface area contributed by atoms with E-state index in [0.29, 0.717) is 24.6 Å². The summed E-state index contributed by atoms with van der Waals surface area (Å²) >= 11 is 0.971. The van der Waals surface area contributed by atoms with E-state index >= 15 is 0 Å². The Bertz CT molecular complexity index is 923. The van der Waals surface area contributed by atoms with Crippen molar-refractivity contribution in [1.82, 2.24) is 24.4 Å². The Morgan fingerprint density at radius 3 is 2.92 bits per heavy atom. The number of carbonyl (C=O) groups excluding carboxylic acids is 2. The van der Waals surface area contributed by atoms with Gasteiger partial charge in [-0.3, -0.25) is 14.9 Å². The van der Waals surface area contributed by atoms with Crippen LogP contribution in [0.3, 0.4) is 0 Å². The molecular weight excluding hydrogens is 356 g/mol. The molecule has 2 aliphatic heterocycles.